The van der Waals surface area contributed by atoms with Crippen molar-refractivity contribution in [3.05, 3.63) is 67.8 Å². The van der Waals surface area contributed by atoms with Gasteiger partial charge in [-0.15, -0.1) is 0 Å². The average Bonchev–Trinajstić information content (AvgIpc) is 2.76. The predicted molar refractivity (Wildman–Crippen MR) is 81.8 cm³/mol. The molecule has 0 radical (unpaired) electrons. The van der Waals surface area contributed by atoms with Crippen LogP contribution in [0.15, 0.2) is 39.6 Å². The van der Waals surface area contributed by atoms with Gasteiger partial charge in [-0.05, 0) is 42.3 Å². The average molecular weight is 351 g/mol. The van der Waals surface area contributed by atoms with Gasteiger partial charge in [0.2, 0.25) is 0 Å². The van der Waals surface area contributed by atoms with Crippen molar-refractivity contribution >= 4 is 27.0 Å². The van der Waals surface area contributed by atoms with Crippen LogP contribution in [0, 0.1) is 12.7 Å². The molecule has 3 rings (SSSR count). The minimum absolute atomic E-state index is 0.304. The second-order valence-corrected chi connectivity index (χ2v) is 5.76. The van der Waals surface area contributed by atoms with Crippen LogP contribution in [0.3, 0.4) is 0 Å². The molecule has 0 spiro atoms. The normalized spacial score (nSPS) is 12.8. The second kappa shape index (κ2) is 5.13. The van der Waals surface area contributed by atoms with Crippen LogP contribution < -0.4 is 5.69 Å². The number of nitrogens with one attached hydrogen (secondary N) is 2. The molecule has 0 fully saturated rings. The zero-order chi connectivity index (χ0) is 15.1. The lowest BCUT2D eigenvalue weighted by Crippen LogP contribution is -2.03. The molecule has 1 atom stereocenters. The summed E-state index contributed by atoms with van der Waals surface area (Å²) in [5.41, 5.74) is 2.84. The van der Waals surface area contributed by atoms with Crippen LogP contribution >= 0.6 is 15.9 Å². The fourth-order valence-electron chi connectivity index (χ4n) is 2.40. The fraction of sp³-hybridized carbons (Fsp3) is 0.133. The van der Waals surface area contributed by atoms with E-state index in [1.54, 1.807) is 25.1 Å². The van der Waals surface area contributed by atoms with Crippen LogP contribution in [0.4, 0.5) is 4.39 Å². The number of aromatic amines is 2. The first-order chi connectivity index (χ1) is 9.95. The molecule has 1 aromatic heterocycles. The van der Waals surface area contributed by atoms with Crippen LogP contribution in [0.1, 0.15) is 22.8 Å². The smallest absolute Gasteiger partial charge is 0.323 e. The number of hydrogen-bond donors (Lipinski definition) is 3. The molecule has 3 aromatic rings. The third-order valence-corrected chi connectivity index (χ3v) is 4.14. The molecular formula is C15H12BrFN2O2. The lowest BCUT2D eigenvalue weighted by atomic mass is 9.97. The maximum atomic E-state index is 13.2. The minimum atomic E-state index is -0.914. The maximum Gasteiger partial charge on any atom is 0.323 e. The van der Waals surface area contributed by atoms with E-state index in [1.165, 1.54) is 12.1 Å². The van der Waals surface area contributed by atoms with E-state index in [9.17, 15) is 14.3 Å². The van der Waals surface area contributed by atoms with E-state index in [0.717, 1.165) is 0 Å². The van der Waals surface area contributed by atoms with Crippen LogP contribution in [0.5, 0.6) is 0 Å². The molecule has 3 N–H and O–H groups in total. The van der Waals surface area contributed by atoms with E-state index >= 15 is 0 Å². The van der Waals surface area contributed by atoms with Crippen LogP contribution in [0.25, 0.3) is 11.0 Å². The summed E-state index contributed by atoms with van der Waals surface area (Å²) in [5, 5.41) is 10.6. The molecule has 1 heterocycles. The third kappa shape index (κ3) is 2.52. The Morgan fingerprint density at radius 1 is 1.14 bits per heavy atom. The van der Waals surface area contributed by atoms with Crippen molar-refractivity contribution in [1.82, 2.24) is 9.97 Å². The first kappa shape index (κ1) is 14.0. The molecule has 0 bridgehead atoms. The van der Waals surface area contributed by atoms with Gasteiger partial charge in [0.25, 0.3) is 0 Å². The van der Waals surface area contributed by atoms with Crippen molar-refractivity contribution in [3.8, 4) is 0 Å². The van der Waals surface area contributed by atoms with Crippen molar-refractivity contribution in [2.75, 3.05) is 0 Å². The zero-order valence-electron chi connectivity index (χ0n) is 11.1. The number of H-pyrrole nitrogens is 2. The number of aryl methyl sites for hydroxylation is 1. The molecular weight excluding hydrogens is 339 g/mol. The molecule has 4 nitrogen and oxygen atoms in total. The first-order valence-electron chi connectivity index (χ1n) is 6.31. The third-order valence-electron chi connectivity index (χ3n) is 3.45. The summed E-state index contributed by atoms with van der Waals surface area (Å²) in [5.74, 6) is -0.340. The molecule has 0 saturated carbocycles. The van der Waals surface area contributed by atoms with Crippen LogP contribution in [0.2, 0.25) is 0 Å². The number of aromatic nitrogens is 2. The lowest BCUT2D eigenvalue weighted by Gasteiger charge is -2.16. The van der Waals surface area contributed by atoms with Crippen molar-refractivity contribution in [2.45, 2.75) is 13.0 Å². The van der Waals surface area contributed by atoms with E-state index in [1.807, 2.05) is 0 Å². The van der Waals surface area contributed by atoms with E-state index in [0.29, 0.717) is 32.2 Å². The van der Waals surface area contributed by atoms with Crippen molar-refractivity contribution in [2.24, 2.45) is 0 Å². The number of halogens is 2. The Kier molecular flexibility index (Phi) is 3.43. The van der Waals surface area contributed by atoms with Gasteiger partial charge in [-0.1, -0.05) is 22.0 Å². The number of aliphatic hydroxyl groups is 1. The Bertz CT molecular complexity index is 885. The van der Waals surface area contributed by atoms with Crippen molar-refractivity contribution in [3.63, 3.8) is 0 Å². The van der Waals surface area contributed by atoms with E-state index in [-0.39, 0.29) is 11.5 Å². The van der Waals surface area contributed by atoms with Gasteiger partial charge in [-0.25, -0.2) is 9.18 Å². The summed E-state index contributed by atoms with van der Waals surface area (Å²) in [6, 6.07) is 7.68. The Balaban J connectivity index is 2.14. The van der Waals surface area contributed by atoms with Gasteiger partial charge in [-0.2, -0.15) is 0 Å². The summed E-state index contributed by atoms with van der Waals surface area (Å²) >= 11 is 3.39. The zero-order valence-corrected chi connectivity index (χ0v) is 12.7. The summed E-state index contributed by atoms with van der Waals surface area (Å²) in [6.45, 7) is 1.74. The minimum Gasteiger partial charge on any atom is -0.384 e. The number of imidazole rings is 1. The van der Waals surface area contributed by atoms with E-state index in [2.05, 4.69) is 25.9 Å². The highest BCUT2D eigenvalue weighted by Crippen LogP contribution is 2.32. The molecule has 0 aliphatic carbocycles. The molecule has 0 aliphatic rings. The quantitative estimate of drug-likeness (QED) is 0.664. The predicted octanol–water partition coefficient (Wildman–Crippen LogP) is 3.15. The molecule has 108 valence electrons. The SMILES string of the molecule is Cc1cc(F)ccc1C(O)c1cc2[nH]c(=O)[nH]c2cc1Br. The largest absolute Gasteiger partial charge is 0.384 e. The highest BCUT2D eigenvalue weighted by atomic mass is 79.9. The molecule has 1 unspecified atom stereocenters. The number of fused-ring (bicyclic) bond motifs is 1. The Morgan fingerprint density at radius 3 is 2.48 bits per heavy atom. The molecule has 6 heteroatoms. The van der Waals surface area contributed by atoms with E-state index < -0.39 is 6.10 Å². The van der Waals surface area contributed by atoms with Gasteiger partial charge in [-0.3, -0.25) is 0 Å². The number of rotatable bonds is 2. The second-order valence-electron chi connectivity index (χ2n) is 4.90. The number of benzene rings is 2. The topological polar surface area (TPSA) is 68.9 Å². The Hall–Kier alpha value is -1.92. The highest BCUT2D eigenvalue weighted by Gasteiger charge is 2.17. The molecule has 0 saturated heterocycles. The van der Waals surface area contributed by atoms with E-state index in [4.69, 9.17) is 0 Å². The number of hydrogen-bond acceptors (Lipinski definition) is 2. The summed E-state index contributed by atoms with van der Waals surface area (Å²) in [4.78, 5) is 16.6. The summed E-state index contributed by atoms with van der Waals surface area (Å²) in [6.07, 6.45) is -0.914. The van der Waals surface area contributed by atoms with Crippen molar-refractivity contribution in [1.29, 1.82) is 0 Å². The lowest BCUT2D eigenvalue weighted by molar-refractivity contribution is 0.219. The molecule has 2 aromatic carbocycles. The Morgan fingerprint density at radius 2 is 1.81 bits per heavy atom. The fourth-order valence-corrected chi connectivity index (χ4v) is 2.96. The summed E-state index contributed by atoms with van der Waals surface area (Å²) in [7, 11) is 0. The molecule has 21 heavy (non-hydrogen) atoms. The van der Waals surface area contributed by atoms with Gasteiger partial charge < -0.3 is 15.1 Å². The van der Waals surface area contributed by atoms with Crippen molar-refractivity contribution < 1.29 is 9.50 Å². The summed E-state index contributed by atoms with van der Waals surface area (Å²) < 4.78 is 13.8. The van der Waals surface area contributed by atoms with Crippen LogP contribution in [-0.4, -0.2) is 15.1 Å². The number of aliphatic hydroxyl groups excluding tert-OH is 1. The van der Waals surface area contributed by atoms with Gasteiger partial charge in [0, 0.05) is 10.0 Å². The van der Waals surface area contributed by atoms with Gasteiger partial charge in [0.05, 0.1) is 11.0 Å². The highest BCUT2D eigenvalue weighted by molar-refractivity contribution is 9.10. The van der Waals surface area contributed by atoms with Crippen LogP contribution in [-0.2, 0) is 0 Å². The first-order valence-corrected chi connectivity index (χ1v) is 7.10. The van der Waals surface area contributed by atoms with Gasteiger partial charge in [0.1, 0.15) is 11.9 Å². The standard InChI is InChI=1S/C15H12BrFN2O2/c1-7-4-8(17)2-3-9(7)14(20)10-5-12-13(6-11(10)16)19-15(21)18-12/h2-6,14,20H,1H3,(H2,18,19,21). The van der Waals surface area contributed by atoms with Gasteiger partial charge in [0.15, 0.2) is 0 Å². The Labute approximate surface area is 127 Å². The van der Waals surface area contributed by atoms with Gasteiger partial charge >= 0.3 is 5.69 Å². The molecule has 0 amide bonds. The monoisotopic (exact) mass is 350 g/mol. The molecule has 0 aliphatic heterocycles. The maximum absolute atomic E-state index is 13.2.